The van der Waals surface area contributed by atoms with Crippen LogP contribution in [0.4, 0.5) is 10.1 Å². The molecule has 1 amide bonds. The summed E-state index contributed by atoms with van der Waals surface area (Å²) in [4.78, 5) is 19.3. The van der Waals surface area contributed by atoms with Crippen LogP contribution in [0, 0.1) is 24.6 Å². The SMILES string of the molecule is CCC(O)C#Cc1c(F)ccc2c1/C(=C/c1[nH]cnc1C)C(=O)N2. The Balaban J connectivity index is 2.17. The number of imidazole rings is 1. The van der Waals surface area contributed by atoms with Gasteiger partial charge in [0.05, 0.1) is 34.5 Å². The van der Waals surface area contributed by atoms with Gasteiger partial charge in [-0.15, -0.1) is 0 Å². The number of aryl methyl sites for hydroxylation is 1. The summed E-state index contributed by atoms with van der Waals surface area (Å²) in [5.41, 5.74) is 2.72. The molecule has 0 spiro atoms. The number of amides is 1. The Hall–Kier alpha value is -2.91. The van der Waals surface area contributed by atoms with E-state index >= 15 is 0 Å². The molecule has 0 saturated heterocycles. The number of rotatable bonds is 2. The molecule has 3 N–H and O–H groups in total. The summed E-state index contributed by atoms with van der Waals surface area (Å²) in [7, 11) is 0. The number of carbonyl (C=O) groups is 1. The van der Waals surface area contributed by atoms with Crippen LogP contribution in [-0.4, -0.2) is 27.1 Å². The number of nitrogens with one attached hydrogen (secondary N) is 2. The number of hydrogen-bond donors (Lipinski definition) is 3. The van der Waals surface area contributed by atoms with Gasteiger partial charge in [-0.05, 0) is 31.6 Å². The topological polar surface area (TPSA) is 78.0 Å². The second kappa shape index (κ2) is 6.30. The number of fused-ring (bicyclic) bond motifs is 1. The van der Waals surface area contributed by atoms with Crippen molar-refractivity contribution in [1.29, 1.82) is 0 Å². The smallest absolute Gasteiger partial charge is 0.256 e. The molecule has 0 fully saturated rings. The number of benzene rings is 1. The van der Waals surface area contributed by atoms with E-state index in [4.69, 9.17) is 0 Å². The Bertz CT molecular complexity index is 903. The molecule has 24 heavy (non-hydrogen) atoms. The van der Waals surface area contributed by atoms with Crippen molar-refractivity contribution in [2.45, 2.75) is 26.4 Å². The van der Waals surface area contributed by atoms with Gasteiger partial charge in [-0.25, -0.2) is 9.37 Å². The zero-order valence-corrected chi connectivity index (χ0v) is 13.3. The molecule has 1 aromatic carbocycles. The van der Waals surface area contributed by atoms with E-state index in [1.807, 2.05) is 0 Å². The maximum atomic E-state index is 14.3. The lowest BCUT2D eigenvalue weighted by Crippen LogP contribution is -2.03. The minimum absolute atomic E-state index is 0.0989. The first kappa shape index (κ1) is 16.0. The van der Waals surface area contributed by atoms with Crippen molar-refractivity contribution in [1.82, 2.24) is 9.97 Å². The number of aliphatic hydroxyl groups is 1. The summed E-state index contributed by atoms with van der Waals surface area (Å²) in [6.07, 6.45) is 2.76. The molecule has 0 saturated carbocycles. The number of aromatic amines is 1. The van der Waals surface area contributed by atoms with Crippen molar-refractivity contribution in [2.24, 2.45) is 0 Å². The lowest BCUT2D eigenvalue weighted by Gasteiger charge is -2.04. The Morgan fingerprint density at radius 3 is 2.92 bits per heavy atom. The van der Waals surface area contributed by atoms with Crippen LogP contribution in [0.2, 0.25) is 0 Å². The van der Waals surface area contributed by atoms with Gasteiger partial charge in [0, 0.05) is 5.56 Å². The lowest BCUT2D eigenvalue weighted by atomic mass is 9.98. The second-order valence-corrected chi connectivity index (χ2v) is 5.45. The highest BCUT2D eigenvalue weighted by Crippen LogP contribution is 2.36. The molecule has 0 bridgehead atoms. The van der Waals surface area contributed by atoms with Crippen molar-refractivity contribution in [2.75, 3.05) is 5.32 Å². The standard InChI is InChI=1S/C18H16FN3O2/c1-3-11(23)4-5-12-14(19)6-7-15-17(12)13(18(24)22-15)8-16-10(2)20-9-21-16/h6-9,11,23H,3H2,1-2H3,(H,20,21)(H,22,24)/b13-8-. The third-order valence-corrected chi connectivity index (χ3v) is 3.82. The van der Waals surface area contributed by atoms with E-state index in [2.05, 4.69) is 27.1 Å². The van der Waals surface area contributed by atoms with Crippen LogP contribution in [0.25, 0.3) is 11.6 Å². The molecule has 1 aliphatic rings. The monoisotopic (exact) mass is 325 g/mol. The Morgan fingerprint density at radius 1 is 1.46 bits per heavy atom. The van der Waals surface area contributed by atoms with Crippen molar-refractivity contribution in [3.05, 3.63) is 46.8 Å². The first-order valence-electron chi connectivity index (χ1n) is 7.56. The zero-order chi connectivity index (χ0) is 17.3. The normalized spacial score (nSPS) is 15.7. The predicted octanol–water partition coefficient (Wildman–Crippen LogP) is 2.47. The van der Waals surface area contributed by atoms with E-state index < -0.39 is 11.9 Å². The fourth-order valence-electron chi connectivity index (χ4n) is 2.44. The van der Waals surface area contributed by atoms with Crippen LogP contribution in [0.15, 0.2) is 18.5 Å². The fourth-order valence-corrected chi connectivity index (χ4v) is 2.44. The average molecular weight is 325 g/mol. The highest BCUT2D eigenvalue weighted by Gasteiger charge is 2.28. The number of carbonyl (C=O) groups excluding carboxylic acids is 1. The van der Waals surface area contributed by atoms with Gasteiger partial charge in [-0.1, -0.05) is 18.8 Å². The van der Waals surface area contributed by atoms with Gasteiger partial charge in [0.25, 0.3) is 5.91 Å². The third kappa shape index (κ3) is 2.82. The molecule has 1 aromatic heterocycles. The van der Waals surface area contributed by atoms with Crippen LogP contribution < -0.4 is 5.32 Å². The zero-order valence-electron chi connectivity index (χ0n) is 13.3. The van der Waals surface area contributed by atoms with Crippen molar-refractivity contribution >= 4 is 23.2 Å². The van der Waals surface area contributed by atoms with Crippen LogP contribution in [0.5, 0.6) is 0 Å². The number of H-pyrrole nitrogens is 1. The van der Waals surface area contributed by atoms with Gasteiger partial charge in [0.2, 0.25) is 0 Å². The maximum Gasteiger partial charge on any atom is 0.256 e. The largest absolute Gasteiger partial charge is 0.380 e. The minimum Gasteiger partial charge on any atom is -0.380 e. The predicted molar refractivity (Wildman–Crippen MR) is 89.4 cm³/mol. The number of aliphatic hydroxyl groups excluding tert-OH is 1. The van der Waals surface area contributed by atoms with E-state index in [-0.39, 0.29) is 11.5 Å². The molecule has 0 radical (unpaired) electrons. The molecule has 0 aliphatic carbocycles. The molecule has 5 nitrogen and oxygen atoms in total. The van der Waals surface area contributed by atoms with Crippen LogP contribution >= 0.6 is 0 Å². The lowest BCUT2D eigenvalue weighted by molar-refractivity contribution is -0.110. The molecule has 2 heterocycles. The van der Waals surface area contributed by atoms with Gasteiger partial charge in [-0.3, -0.25) is 4.79 Å². The Kier molecular flexibility index (Phi) is 4.19. The fraction of sp³-hybridized carbons (Fsp3) is 0.222. The molecule has 3 rings (SSSR count). The summed E-state index contributed by atoms with van der Waals surface area (Å²) < 4.78 is 14.3. The molecular weight excluding hydrogens is 309 g/mol. The summed E-state index contributed by atoms with van der Waals surface area (Å²) in [5.74, 6) is 4.41. The van der Waals surface area contributed by atoms with Crippen LogP contribution in [0.1, 0.15) is 35.9 Å². The summed E-state index contributed by atoms with van der Waals surface area (Å²) in [6, 6.07) is 2.76. The molecular formula is C18H16FN3O2. The van der Waals surface area contributed by atoms with E-state index in [1.165, 1.54) is 18.5 Å². The Morgan fingerprint density at radius 2 is 2.25 bits per heavy atom. The number of nitrogens with zero attached hydrogens (tertiary/aromatic N) is 1. The molecule has 122 valence electrons. The molecule has 1 atom stereocenters. The van der Waals surface area contributed by atoms with Gasteiger partial charge in [0.1, 0.15) is 11.9 Å². The molecule has 2 aromatic rings. The van der Waals surface area contributed by atoms with Gasteiger partial charge < -0.3 is 15.4 Å². The van der Waals surface area contributed by atoms with E-state index in [0.29, 0.717) is 28.9 Å². The van der Waals surface area contributed by atoms with E-state index in [1.54, 1.807) is 19.9 Å². The molecule has 1 aliphatic heterocycles. The Labute approximate surface area is 138 Å². The summed E-state index contributed by atoms with van der Waals surface area (Å²) in [6.45, 7) is 3.59. The molecule has 6 heteroatoms. The van der Waals surface area contributed by atoms with E-state index in [9.17, 15) is 14.3 Å². The third-order valence-electron chi connectivity index (χ3n) is 3.82. The average Bonchev–Trinajstić information content (AvgIpc) is 3.11. The summed E-state index contributed by atoms with van der Waals surface area (Å²) in [5, 5.41) is 12.3. The number of anilines is 1. The number of halogens is 1. The van der Waals surface area contributed by atoms with Gasteiger partial charge >= 0.3 is 0 Å². The van der Waals surface area contributed by atoms with Crippen LogP contribution in [0.3, 0.4) is 0 Å². The first-order chi connectivity index (χ1) is 11.5. The van der Waals surface area contributed by atoms with Crippen molar-refractivity contribution in [3.63, 3.8) is 0 Å². The van der Waals surface area contributed by atoms with E-state index in [0.717, 1.165) is 5.69 Å². The number of hydrogen-bond acceptors (Lipinski definition) is 3. The highest BCUT2D eigenvalue weighted by molar-refractivity contribution is 6.35. The van der Waals surface area contributed by atoms with Gasteiger partial charge in [-0.2, -0.15) is 0 Å². The van der Waals surface area contributed by atoms with Gasteiger partial charge in [0.15, 0.2) is 0 Å². The maximum absolute atomic E-state index is 14.3. The quantitative estimate of drug-likeness (QED) is 0.586. The molecule has 1 unspecified atom stereocenters. The summed E-state index contributed by atoms with van der Waals surface area (Å²) >= 11 is 0. The minimum atomic E-state index is -0.840. The number of aromatic nitrogens is 2. The van der Waals surface area contributed by atoms with Crippen LogP contribution in [-0.2, 0) is 4.79 Å². The highest BCUT2D eigenvalue weighted by atomic mass is 19.1. The van der Waals surface area contributed by atoms with Crippen molar-refractivity contribution < 1.29 is 14.3 Å². The first-order valence-corrected chi connectivity index (χ1v) is 7.56. The van der Waals surface area contributed by atoms with Crippen molar-refractivity contribution in [3.8, 4) is 11.8 Å². The second-order valence-electron chi connectivity index (χ2n) is 5.45.